The number of hydrogen-bond donors (Lipinski definition) is 0. The van der Waals surface area contributed by atoms with E-state index in [2.05, 4.69) is 6.92 Å². The Bertz CT molecular complexity index is 147. The van der Waals surface area contributed by atoms with Crippen LogP contribution in [-0.4, -0.2) is 30.2 Å². The highest BCUT2D eigenvalue weighted by Crippen LogP contribution is 2.30. The van der Waals surface area contributed by atoms with Crippen LogP contribution in [0.15, 0.2) is 0 Å². The van der Waals surface area contributed by atoms with Crippen molar-refractivity contribution in [3.8, 4) is 0 Å². The summed E-state index contributed by atoms with van der Waals surface area (Å²) >= 11 is 0. The van der Waals surface area contributed by atoms with Crippen molar-refractivity contribution in [1.82, 2.24) is 0 Å². The summed E-state index contributed by atoms with van der Waals surface area (Å²) in [6.45, 7) is 6.94. The van der Waals surface area contributed by atoms with Crippen LogP contribution in [0.4, 0.5) is 0 Å². The molecule has 0 aromatic heterocycles. The third-order valence-corrected chi connectivity index (χ3v) is 4.12. The third kappa shape index (κ3) is 1.39. The Kier molecular flexibility index (Phi) is 2.40. The molecule has 0 aromatic rings. The van der Waals surface area contributed by atoms with Gasteiger partial charge in [0.25, 0.3) is 0 Å². The fourth-order valence-corrected chi connectivity index (χ4v) is 3.17. The van der Waals surface area contributed by atoms with Gasteiger partial charge in [-0.3, -0.25) is 0 Å². The third-order valence-electron chi connectivity index (χ3n) is 4.12. The molecule has 1 atom stereocenters. The molecule has 0 unspecified atom stereocenters. The maximum absolute atomic E-state index is 2.48. The summed E-state index contributed by atoms with van der Waals surface area (Å²) in [6.07, 6.45) is 8.94. The molecule has 0 N–H and O–H groups in total. The molecule has 70 valence electrons. The van der Waals surface area contributed by atoms with E-state index in [-0.39, 0.29) is 0 Å². The van der Waals surface area contributed by atoms with Crippen LogP contribution in [0.1, 0.15) is 45.4 Å². The van der Waals surface area contributed by atoms with Gasteiger partial charge in [0, 0.05) is 12.8 Å². The van der Waals surface area contributed by atoms with Crippen molar-refractivity contribution in [1.29, 1.82) is 0 Å². The zero-order valence-electron chi connectivity index (χ0n) is 8.39. The van der Waals surface area contributed by atoms with Crippen LogP contribution in [0.3, 0.4) is 0 Å². The number of quaternary nitrogens is 1. The summed E-state index contributed by atoms with van der Waals surface area (Å²) in [6, 6.07) is 0.968. The summed E-state index contributed by atoms with van der Waals surface area (Å²) in [5, 5.41) is 0. The van der Waals surface area contributed by atoms with Crippen molar-refractivity contribution in [2.24, 2.45) is 0 Å². The van der Waals surface area contributed by atoms with Crippen molar-refractivity contribution >= 4 is 0 Å². The maximum atomic E-state index is 2.48. The molecule has 2 aliphatic rings. The van der Waals surface area contributed by atoms with Crippen molar-refractivity contribution in [2.45, 2.75) is 51.5 Å². The number of nitrogens with zero attached hydrogens (tertiary/aromatic N) is 1. The SMILES string of the molecule is C[C@@H]1CCCCC[N+]12CCCC2. The van der Waals surface area contributed by atoms with Gasteiger partial charge in [0.05, 0.1) is 25.7 Å². The van der Waals surface area contributed by atoms with Gasteiger partial charge in [-0.1, -0.05) is 0 Å². The summed E-state index contributed by atoms with van der Waals surface area (Å²) < 4.78 is 1.49. The van der Waals surface area contributed by atoms with Gasteiger partial charge in [-0.05, 0) is 32.6 Å². The van der Waals surface area contributed by atoms with E-state index in [4.69, 9.17) is 0 Å². The molecular weight excluding hydrogens is 146 g/mol. The minimum atomic E-state index is 0.968. The summed E-state index contributed by atoms with van der Waals surface area (Å²) in [5.41, 5.74) is 0. The molecule has 2 heterocycles. The topological polar surface area (TPSA) is 0 Å². The first kappa shape index (κ1) is 8.55. The molecule has 2 saturated heterocycles. The van der Waals surface area contributed by atoms with E-state index in [9.17, 15) is 0 Å². The highest BCUT2D eigenvalue weighted by Gasteiger charge is 2.37. The minimum Gasteiger partial charge on any atom is -0.321 e. The zero-order chi connectivity index (χ0) is 8.44. The fourth-order valence-electron chi connectivity index (χ4n) is 3.17. The normalized spacial score (nSPS) is 35.2. The molecule has 1 spiro atoms. The van der Waals surface area contributed by atoms with E-state index in [0.29, 0.717) is 0 Å². The molecule has 2 aliphatic heterocycles. The molecule has 12 heavy (non-hydrogen) atoms. The molecule has 0 aromatic carbocycles. The average molecular weight is 168 g/mol. The largest absolute Gasteiger partial charge is 0.321 e. The lowest BCUT2D eigenvalue weighted by molar-refractivity contribution is -0.937. The Hall–Kier alpha value is -0.0400. The molecule has 2 fully saturated rings. The first-order valence-electron chi connectivity index (χ1n) is 5.69. The molecular formula is C11H22N+. The Morgan fingerprint density at radius 3 is 2.08 bits per heavy atom. The summed E-state index contributed by atoms with van der Waals surface area (Å²) in [7, 11) is 0. The highest BCUT2D eigenvalue weighted by atomic mass is 15.4. The Morgan fingerprint density at radius 2 is 1.42 bits per heavy atom. The maximum Gasteiger partial charge on any atom is 0.0861 e. The van der Waals surface area contributed by atoms with Crippen molar-refractivity contribution in [3.05, 3.63) is 0 Å². The van der Waals surface area contributed by atoms with E-state index in [0.717, 1.165) is 6.04 Å². The first-order chi connectivity index (χ1) is 5.83. The lowest BCUT2D eigenvalue weighted by Crippen LogP contribution is -2.51. The lowest BCUT2D eigenvalue weighted by atomic mass is 10.1. The molecule has 0 aliphatic carbocycles. The van der Waals surface area contributed by atoms with Gasteiger partial charge >= 0.3 is 0 Å². The van der Waals surface area contributed by atoms with Crippen LogP contribution >= 0.6 is 0 Å². The predicted molar refractivity (Wildman–Crippen MR) is 52.0 cm³/mol. The second-order valence-corrected chi connectivity index (χ2v) is 4.79. The highest BCUT2D eigenvalue weighted by molar-refractivity contribution is 4.65. The van der Waals surface area contributed by atoms with Gasteiger partial charge < -0.3 is 4.48 Å². The molecule has 0 saturated carbocycles. The van der Waals surface area contributed by atoms with Gasteiger partial charge in [0.15, 0.2) is 0 Å². The molecule has 0 amide bonds. The number of hydrogen-bond acceptors (Lipinski definition) is 0. The van der Waals surface area contributed by atoms with Crippen LogP contribution in [0.25, 0.3) is 0 Å². The lowest BCUT2D eigenvalue weighted by Gasteiger charge is -2.38. The Morgan fingerprint density at radius 1 is 0.833 bits per heavy atom. The van der Waals surface area contributed by atoms with Gasteiger partial charge in [0.1, 0.15) is 0 Å². The predicted octanol–water partition coefficient (Wildman–Crippen LogP) is 2.56. The van der Waals surface area contributed by atoms with Gasteiger partial charge in [0.2, 0.25) is 0 Å². The Balaban J connectivity index is 2.08. The second-order valence-electron chi connectivity index (χ2n) is 4.79. The van der Waals surface area contributed by atoms with E-state index >= 15 is 0 Å². The molecule has 1 heteroatoms. The average Bonchev–Trinajstić information content (AvgIpc) is 2.45. The van der Waals surface area contributed by atoms with Crippen LogP contribution in [0, 0.1) is 0 Å². The van der Waals surface area contributed by atoms with Gasteiger partial charge in [-0.2, -0.15) is 0 Å². The van der Waals surface area contributed by atoms with Crippen molar-refractivity contribution in [3.63, 3.8) is 0 Å². The zero-order valence-corrected chi connectivity index (χ0v) is 8.39. The van der Waals surface area contributed by atoms with E-state index < -0.39 is 0 Å². The van der Waals surface area contributed by atoms with E-state index in [1.807, 2.05) is 0 Å². The molecule has 0 bridgehead atoms. The van der Waals surface area contributed by atoms with Crippen LogP contribution in [0.5, 0.6) is 0 Å². The minimum absolute atomic E-state index is 0.968. The standard InChI is InChI=1S/C11H22N/c1-11-7-3-2-4-8-12(11)9-5-6-10-12/h11H,2-10H2,1H3/q+1/t11-/m1/s1. The van der Waals surface area contributed by atoms with E-state index in [1.165, 1.54) is 62.6 Å². The summed E-state index contributed by atoms with van der Waals surface area (Å²) in [4.78, 5) is 0. The van der Waals surface area contributed by atoms with Crippen molar-refractivity contribution in [2.75, 3.05) is 19.6 Å². The van der Waals surface area contributed by atoms with Crippen LogP contribution in [0.2, 0.25) is 0 Å². The van der Waals surface area contributed by atoms with E-state index in [1.54, 1.807) is 0 Å². The van der Waals surface area contributed by atoms with Gasteiger partial charge in [-0.25, -0.2) is 0 Å². The van der Waals surface area contributed by atoms with Crippen molar-refractivity contribution < 1.29 is 4.48 Å². The smallest absolute Gasteiger partial charge is 0.0861 e. The first-order valence-corrected chi connectivity index (χ1v) is 5.69. The van der Waals surface area contributed by atoms with Gasteiger partial charge in [-0.15, -0.1) is 0 Å². The Labute approximate surface area is 76.3 Å². The number of rotatable bonds is 0. The molecule has 1 nitrogen and oxygen atoms in total. The summed E-state index contributed by atoms with van der Waals surface area (Å²) in [5.74, 6) is 0. The second kappa shape index (κ2) is 3.37. The fraction of sp³-hybridized carbons (Fsp3) is 1.00. The molecule has 0 radical (unpaired) electrons. The monoisotopic (exact) mass is 168 g/mol. The molecule has 2 rings (SSSR count). The van der Waals surface area contributed by atoms with Crippen LogP contribution in [-0.2, 0) is 0 Å². The van der Waals surface area contributed by atoms with Crippen LogP contribution < -0.4 is 0 Å². The quantitative estimate of drug-likeness (QED) is 0.488.